The van der Waals surface area contributed by atoms with Gasteiger partial charge in [0.2, 0.25) is 16.8 Å². The largest absolute Gasteiger partial charge is 0.806 e. The van der Waals surface area contributed by atoms with Crippen LogP contribution in [-0.4, -0.2) is 84.7 Å². The first-order valence-electron chi connectivity index (χ1n) is 25.3. The summed E-state index contributed by atoms with van der Waals surface area (Å²) >= 11 is 0. The lowest BCUT2D eigenvalue weighted by atomic mass is 9.94. The predicted molar refractivity (Wildman–Crippen MR) is 299 cm³/mol. The highest BCUT2D eigenvalue weighted by molar-refractivity contribution is 7.90. The third-order valence-corrected chi connectivity index (χ3v) is 13.7. The van der Waals surface area contributed by atoms with Gasteiger partial charge >= 0.3 is 16.1 Å². The molecule has 2 aromatic carbocycles. The van der Waals surface area contributed by atoms with E-state index in [9.17, 15) is 35.5 Å². The standard InChI is InChI=1S/C24H30FN5O4S.C17H21FN2O.C14H19N5O3S/c1-14(2)19-12-18(25)13-20(17-7-9-26-21(11-17)34-16(5)6)23(19)27-24(31)29-35(32,33)22-8-10-30(28-22)15(3)4;1-10(2)14-8-13(18)9-15(17(14)19)12-5-6-20-16(7-12)21-11(3)4;1-11(2)19-10-7-13(15-19)23(21,22)16-14(20)18-8-5-12(6-9-18)17(3)4/h7-16H,1-6H3,(H2,27,29,31);5-11H,19H2,1-4H3;5-11H,1-4H3. The van der Waals surface area contributed by atoms with Crippen LogP contribution in [0.3, 0.4) is 0 Å². The number of nitrogens with one attached hydrogen (secondary N) is 2. The zero-order valence-electron chi connectivity index (χ0n) is 46.8. The van der Waals surface area contributed by atoms with Crippen molar-refractivity contribution in [3.63, 3.8) is 0 Å². The van der Waals surface area contributed by atoms with Crippen molar-refractivity contribution in [2.24, 2.45) is 4.40 Å². The molecule has 0 saturated carbocycles. The first-order chi connectivity index (χ1) is 37.0. The molecule has 7 aromatic rings. The second-order valence-electron chi connectivity index (χ2n) is 20.0. The molecule has 0 aliphatic rings. The van der Waals surface area contributed by atoms with Crippen LogP contribution in [-0.2, 0) is 20.0 Å². The van der Waals surface area contributed by atoms with E-state index in [1.807, 2.05) is 113 Å². The highest BCUT2D eigenvalue weighted by Crippen LogP contribution is 2.38. The van der Waals surface area contributed by atoms with Crippen molar-refractivity contribution in [2.75, 3.05) is 30.0 Å². The molecule has 0 aliphatic heterocycles. The number of sulfonamides is 2. The van der Waals surface area contributed by atoms with Gasteiger partial charge in [-0.1, -0.05) is 27.7 Å². The molecule has 5 aromatic heterocycles. The predicted octanol–water partition coefficient (Wildman–Crippen LogP) is 9.24. The van der Waals surface area contributed by atoms with Gasteiger partial charge in [-0.25, -0.2) is 32.8 Å². The van der Waals surface area contributed by atoms with Gasteiger partial charge in [0.15, 0.2) is 5.03 Å². The monoisotopic (exact) mass is 1130 g/mol. The van der Waals surface area contributed by atoms with Crippen molar-refractivity contribution >= 4 is 49.2 Å². The minimum atomic E-state index is -4.23. The fraction of sp³-hybridized carbons (Fsp3) is 0.364. The molecule has 7 rings (SSSR count). The van der Waals surface area contributed by atoms with Gasteiger partial charge in [-0.2, -0.15) is 27.0 Å². The van der Waals surface area contributed by atoms with E-state index < -0.39 is 37.9 Å². The Labute approximate surface area is 461 Å². The molecule has 0 spiro atoms. The molecule has 5 heterocycles. The molecule has 0 fully saturated rings. The van der Waals surface area contributed by atoms with Crippen LogP contribution in [0.1, 0.15) is 118 Å². The van der Waals surface area contributed by atoms with Crippen LogP contribution in [0.5, 0.6) is 11.8 Å². The number of benzene rings is 2. The first kappa shape index (κ1) is 61.9. The molecular formula is C55H70F2N12O8S2. The smallest absolute Gasteiger partial charge is 0.388 e. The summed E-state index contributed by atoms with van der Waals surface area (Å²) in [5.41, 5.74) is 11.7. The minimum Gasteiger partial charge on any atom is -0.806 e. The van der Waals surface area contributed by atoms with Crippen LogP contribution < -0.4 is 39.8 Å². The Morgan fingerprint density at radius 3 is 1.62 bits per heavy atom. The summed E-state index contributed by atoms with van der Waals surface area (Å²) in [7, 11) is -4.64. The van der Waals surface area contributed by atoms with Gasteiger partial charge in [-0.15, -0.1) is 0 Å². The summed E-state index contributed by atoms with van der Waals surface area (Å²) in [4.78, 5) is 23.0. The highest BCUT2D eigenvalue weighted by atomic mass is 32.2. The second kappa shape index (κ2) is 26.6. The molecule has 20 nitrogen and oxygen atoms in total. The molecule has 0 bridgehead atoms. The van der Waals surface area contributed by atoms with Crippen molar-refractivity contribution in [1.82, 2.24) is 34.3 Å². The Morgan fingerprint density at radius 2 is 1.15 bits per heavy atom. The van der Waals surface area contributed by atoms with Gasteiger partial charge < -0.3 is 30.5 Å². The molecule has 4 N–H and O–H groups in total. The minimum absolute atomic E-state index is 0.0163. The number of carbonyl (C=O) groups excluding carboxylic acids is 1. The molecule has 0 saturated heterocycles. The number of nitrogen functional groups attached to an aromatic ring is 1. The fourth-order valence-corrected chi connectivity index (χ4v) is 9.09. The number of halogens is 2. The number of anilines is 3. The molecule has 79 heavy (non-hydrogen) atoms. The summed E-state index contributed by atoms with van der Waals surface area (Å²) in [6, 6.07) is 16.5. The van der Waals surface area contributed by atoms with Gasteiger partial charge in [-0.05, 0) is 138 Å². The number of nitrogens with two attached hydrogens (primary N) is 1. The van der Waals surface area contributed by atoms with Crippen molar-refractivity contribution in [1.29, 1.82) is 0 Å². The third kappa shape index (κ3) is 17.0. The van der Waals surface area contributed by atoms with E-state index in [1.54, 1.807) is 36.5 Å². The molecule has 0 unspecified atom stereocenters. The molecular weight excluding hydrogens is 1060 g/mol. The van der Waals surface area contributed by atoms with Crippen LogP contribution in [0.15, 0.2) is 124 Å². The second-order valence-corrected chi connectivity index (χ2v) is 23.2. The van der Waals surface area contributed by atoms with Crippen molar-refractivity contribution in [3.8, 4) is 34.0 Å². The van der Waals surface area contributed by atoms with Gasteiger partial charge in [0.25, 0.3) is 16.0 Å². The Bertz CT molecular complexity index is 3470. The molecule has 2 amide bonds. The number of urea groups is 1. The number of carbonyl (C=O) groups is 1. The number of aromatic nitrogens is 7. The number of pyridine rings is 3. The lowest BCUT2D eigenvalue weighted by Gasteiger charge is -2.19. The van der Waals surface area contributed by atoms with Crippen molar-refractivity contribution in [2.45, 2.75) is 129 Å². The van der Waals surface area contributed by atoms with E-state index >= 15 is 0 Å². The summed E-state index contributed by atoms with van der Waals surface area (Å²) in [6.07, 6.45) is 9.06. The topological polar surface area (TPSA) is 258 Å². The summed E-state index contributed by atoms with van der Waals surface area (Å²) in [5.74, 6) is 0.0542. The number of rotatable bonds is 16. The number of hydrogen-bond acceptors (Lipinski definition) is 14. The Hall–Kier alpha value is -7.99. The number of hydrogen-bond donors (Lipinski definition) is 3. The maximum atomic E-state index is 14.6. The number of nitrogens with zero attached hydrogens (tertiary/aromatic N) is 9. The Balaban J connectivity index is 0.000000228. The average Bonchev–Trinajstić information content (AvgIpc) is 4.12. The van der Waals surface area contributed by atoms with Crippen molar-refractivity contribution < 1.29 is 49.6 Å². The molecule has 0 aliphatic carbocycles. The molecule has 424 valence electrons. The van der Waals surface area contributed by atoms with Gasteiger partial charge in [0.1, 0.15) is 11.6 Å². The molecule has 0 atom stereocenters. The van der Waals surface area contributed by atoms with Gasteiger partial charge in [0, 0.05) is 102 Å². The SMILES string of the molecule is CC(C)Oc1cc(-c2cc(F)cc(C(C)C)c2N)ccn1.CC(C)Oc1cc(-c2cc(F)cc(C(C)C)c2NC(=O)NS(=O)(=O)c2ccn(C(C)C)n2)ccn1.CC(C)n1ccc(S(=O)(=O)N=C([O-])[n+]2ccc(N(C)C)cc2)n1. The van der Waals surface area contributed by atoms with E-state index in [2.05, 4.69) is 29.9 Å². The molecule has 24 heteroatoms. The Morgan fingerprint density at radius 1 is 0.684 bits per heavy atom. The highest BCUT2D eigenvalue weighted by Gasteiger charge is 2.26. The van der Waals surface area contributed by atoms with E-state index in [1.165, 1.54) is 76.7 Å². The maximum absolute atomic E-state index is 14.6. The lowest BCUT2D eigenvalue weighted by molar-refractivity contribution is -0.613. The Kier molecular flexibility index (Phi) is 20.8. The molecule has 0 radical (unpaired) electrons. The van der Waals surface area contributed by atoms with E-state index in [4.69, 9.17) is 15.2 Å². The zero-order chi connectivity index (χ0) is 58.7. The third-order valence-electron chi connectivity index (χ3n) is 11.3. The van der Waals surface area contributed by atoms with E-state index in [-0.39, 0.29) is 57.7 Å². The van der Waals surface area contributed by atoms with Crippen LogP contribution in [0.25, 0.3) is 22.3 Å². The average molecular weight is 1130 g/mol. The van der Waals surface area contributed by atoms with Crippen LogP contribution >= 0.6 is 0 Å². The zero-order valence-corrected chi connectivity index (χ0v) is 48.4. The van der Waals surface area contributed by atoms with Crippen LogP contribution in [0.4, 0.5) is 30.6 Å². The van der Waals surface area contributed by atoms with E-state index in [0.29, 0.717) is 39.7 Å². The number of amides is 2. The lowest BCUT2D eigenvalue weighted by Crippen LogP contribution is -2.51. The number of ether oxygens (including phenoxy) is 2. The van der Waals surface area contributed by atoms with Crippen LogP contribution in [0.2, 0.25) is 0 Å². The normalized spacial score (nSPS) is 11.9. The summed E-state index contributed by atoms with van der Waals surface area (Å²) < 4.78 is 98.7. The van der Waals surface area contributed by atoms with Gasteiger partial charge in [0.05, 0.1) is 30.3 Å². The maximum Gasteiger partial charge on any atom is 0.388 e. The first-order valence-corrected chi connectivity index (χ1v) is 28.2. The summed E-state index contributed by atoms with van der Waals surface area (Å²) in [6.45, 7) is 22.7. The van der Waals surface area contributed by atoms with Gasteiger partial charge in [-0.3, -0.25) is 9.36 Å². The van der Waals surface area contributed by atoms with E-state index in [0.717, 1.165) is 21.4 Å². The van der Waals surface area contributed by atoms with Crippen molar-refractivity contribution in [3.05, 3.63) is 133 Å². The fourth-order valence-electron chi connectivity index (χ4n) is 7.42. The van der Waals surface area contributed by atoms with Crippen LogP contribution in [0, 0.1) is 11.6 Å². The summed E-state index contributed by atoms with van der Waals surface area (Å²) in [5, 5.41) is 22.1. The quantitative estimate of drug-likeness (QED) is 0.0353.